The maximum Gasteiger partial charge on any atom is 0.345 e. The smallest absolute Gasteiger partial charge is 0.345 e. The van der Waals surface area contributed by atoms with Gasteiger partial charge >= 0.3 is 5.97 Å². The van der Waals surface area contributed by atoms with Crippen molar-refractivity contribution in [3.8, 4) is 11.5 Å². The lowest BCUT2D eigenvalue weighted by Crippen LogP contribution is -2.24. The van der Waals surface area contributed by atoms with Crippen molar-refractivity contribution in [3.63, 3.8) is 0 Å². The average molecular weight is 238 g/mol. The van der Waals surface area contributed by atoms with Crippen molar-refractivity contribution in [3.05, 3.63) is 23.8 Å². The second-order valence-corrected chi connectivity index (χ2v) is 3.84. The summed E-state index contributed by atoms with van der Waals surface area (Å²) in [6.45, 7) is 0.514. The van der Waals surface area contributed by atoms with Crippen LogP contribution in [0.25, 0.3) is 0 Å². The molecule has 1 unspecified atom stereocenters. The topological polar surface area (TPSA) is 76.0 Å². The number of fused-ring (bicyclic) bond motifs is 1. The van der Waals surface area contributed by atoms with Gasteiger partial charge in [0.15, 0.2) is 6.10 Å². The highest BCUT2D eigenvalue weighted by atomic mass is 16.5. The molecule has 0 radical (unpaired) electrons. The Hall–Kier alpha value is -1.75. The molecule has 1 aromatic carbocycles. The molecule has 2 rings (SSSR count). The van der Waals surface area contributed by atoms with E-state index in [1.807, 2.05) is 6.07 Å². The molecule has 0 fully saturated rings. The fourth-order valence-electron chi connectivity index (χ4n) is 1.69. The first-order chi connectivity index (χ1) is 8.20. The lowest BCUT2D eigenvalue weighted by Gasteiger charge is -2.07. The van der Waals surface area contributed by atoms with Crippen LogP contribution in [0.4, 0.5) is 0 Å². The summed E-state index contributed by atoms with van der Waals surface area (Å²) in [5.41, 5.74) is 0.881. The van der Waals surface area contributed by atoms with Crippen LogP contribution in [0.5, 0.6) is 11.5 Å². The van der Waals surface area contributed by atoms with Crippen LogP contribution in [-0.2, 0) is 11.2 Å². The van der Waals surface area contributed by atoms with Crippen LogP contribution in [-0.4, -0.2) is 35.5 Å². The quantitative estimate of drug-likeness (QED) is 0.743. The van der Waals surface area contributed by atoms with E-state index in [-0.39, 0.29) is 6.61 Å². The van der Waals surface area contributed by atoms with E-state index in [0.717, 1.165) is 5.56 Å². The van der Waals surface area contributed by atoms with E-state index in [9.17, 15) is 4.79 Å². The number of aliphatic hydroxyl groups excluding tert-OH is 1. The zero-order valence-electron chi connectivity index (χ0n) is 9.26. The third-order valence-electron chi connectivity index (χ3n) is 2.56. The third kappa shape index (κ3) is 2.68. The lowest BCUT2D eigenvalue weighted by atomic mass is 10.1. The lowest BCUT2D eigenvalue weighted by molar-refractivity contribution is -0.144. The summed E-state index contributed by atoms with van der Waals surface area (Å²) < 4.78 is 10.7. The van der Waals surface area contributed by atoms with E-state index in [1.165, 1.54) is 0 Å². The molecule has 2 N–H and O–H groups in total. The Bertz CT molecular complexity index is 415. The maximum atomic E-state index is 10.8. The highest BCUT2D eigenvalue weighted by Crippen LogP contribution is 2.32. The van der Waals surface area contributed by atoms with Crippen molar-refractivity contribution in [2.75, 3.05) is 13.2 Å². The number of aliphatic carboxylic acids is 1. The van der Waals surface area contributed by atoms with Crippen molar-refractivity contribution < 1.29 is 24.5 Å². The molecule has 0 amide bonds. The van der Waals surface area contributed by atoms with Crippen molar-refractivity contribution in [1.29, 1.82) is 0 Å². The minimum Gasteiger partial charge on any atom is -0.493 e. The van der Waals surface area contributed by atoms with Crippen molar-refractivity contribution in [2.45, 2.75) is 18.9 Å². The van der Waals surface area contributed by atoms with Crippen LogP contribution in [0, 0.1) is 0 Å². The fraction of sp³-hybridized carbons (Fsp3) is 0.417. The summed E-state index contributed by atoms with van der Waals surface area (Å²) in [7, 11) is 0. The van der Waals surface area contributed by atoms with Gasteiger partial charge in [-0.05, 0) is 11.6 Å². The first-order valence-corrected chi connectivity index (χ1v) is 5.47. The molecule has 1 atom stereocenters. The SMILES string of the molecule is O=C(O)C1Cc2ccc(OCCCO)cc2O1. The molecule has 0 saturated carbocycles. The monoisotopic (exact) mass is 238 g/mol. The Morgan fingerprint density at radius 1 is 1.53 bits per heavy atom. The molecule has 1 aliphatic rings. The van der Waals surface area contributed by atoms with Gasteiger partial charge in [-0.2, -0.15) is 0 Å². The molecule has 17 heavy (non-hydrogen) atoms. The van der Waals surface area contributed by atoms with Crippen molar-refractivity contribution in [2.24, 2.45) is 0 Å². The summed E-state index contributed by atoms with van der Waals surface area (Å²) >= 11 is 0. The van der Waals surface area contributed by atoms with Crippen LogP contribution >= 0.6 is 0 Å². The first kappa shape index (κ1) is 11.7. The fourth-order valence-corrected chi connectivity index (χ4v) is 1.69. The summed E-state index contributed by atoms with van der Waals surface area (Å²) in [5, 5.41) is 17.5. The average Bonchev–Trinajstić information content (AvgIpc) is 2.72. The number of benzene rings is 1. The van der Waals surface area contributed by atoms with E-state index in [4.69, 9.17) is 19.7 Å². The van der Waals surface area contributed by atoms with Crippen LogP contribution in [0.15, 0.2) is 18.2 Å². The van der Waals surface area contributed by atoms with Gasteiger partial charge in [0.2, 0.25) is 0 Å². The number of aliphatic hydroxyl groups is 1. The Morgan fingerprint density at radius 3 is 3.06 bits per heavy atom. The van der Waals surface area contributed by atoms with E-state index < -0.39 is 12.1 Å². The number of hydrogen-bond acceptors (Lipinski definition) is 4. The maximum absolute atomic E-state index is 10.8. The van der Waals surface area contributed by atoms with E-state index in [0.29, 0.717) is 30.9 Å². The number of rotatable bonds is 5. The van der Waals surface area contributed by atoms with E-state index in [1.54, 1.807) is 12.1 Å². The molecule has 0 bridgehead atoms. The predicted molar refractivity (Wildman–Crippen MR) is 59.4 cm³/mol. The number of carbonyl (C=O) groups is 1. The summed E-state index contributed by atoms with van der Waals surface area (Å²) in [6, 6.07) is 5.28. The molecule has 5 heteroatoms. The molecule has 5 nitrogen and oxygen atoms in total. The van der Waals surface area contributed by atoms with Crippen molar-refractivity contribution >= 4 is 5.97 Å². The summed E-state index contributed by atoms with van der Waals surface area (Å²) in [4.78, 5) is 10.8. The van der Waals surface area contributed by atoms with E-state index >= 15 is 0 Å². The van der Waals surface area contributed by atoms with E-state index in [2.05, 4.69) is 0 Å². The van der Waals surface area contributed by atoms with Crippen molar-refractivity contribution in [1.82, 2.24) is 0 Å². The molecule has 1 heterocycles. The number of hydrogen-bond donors (Lipinski definition) is 2. The first-order valence-electron chi connectivity index (χ1n) is 5.47. The Morgan fingerprint density at radius 2 is 2.35 bits per heavy atom. The van der Waals surface area contributed by atoms with Crippen LogP contribution < -0.4 is 9.47 Å². The van der Waals surface area contributed by atoms with Gasteiger partial charge < -0.3 is 19.7 Å². The van der Waals surface area contributed by atoms with Gasteiger partial charge in [0.05, 0.1) is 6.61 Å². The van der Waals surface area contributed by atoms with Crippen LogP contribution in [0.2, 0.25) is 0 Å². The molecule has 92 valence electrons. The van der Waals surface area contributed by atoms with Crippen LogP contribution in [0.1, 0.15) is 12.0 Å². The molecular formula is C12H14O5. The minimum absolute atomic E-state index is 0.0858. The standard InChI is InChI=1S/C12H14O5/c13-4-1-5-16-9-3-2-8-6-11(12(14)15)17-10(8)7-9/h2-3,7,11,13H,1,4-6H2,(H,14,15). The normalized spacial score (nSPS) is 17.4. The third-order valence-corrected chi connectivity index (χ3v) is 2.56. The molecule has 0 aromatic heterocycles. The Balaban J connectivity index is 2.02. The Kier molecular flexibility index (Phi) is 3.49. The minimum atomic E-state index is -0.955. The zero-order valence-corrected chi connectivity index (χ0v) is 9.26. The molecule has 0 saturated heterocycles. The molecular weight excluding hydrogens is 224 g/mol. The van der Waals surface area contributed by atoms with Gasteiger partial charge in [0.1, 0.15) is 11.5 Å². The largest absolute Gasteiger partial charge is 0.493 e. The zero-order chi connectivity index (χ0) is 12.3. The summed E-state index contributed by atoms with van der Waals surface area (Å²) in [5.74, 6) is 0.242. The number of carboxylic acids is 1. The highest BCUT2D eigenvalue weighted by Gasteiger charge is 2.28. The van der Waals surface area contributed by atoms with Gasteiger partial charge in [0.25, 0.3) is 0 Å². The molecule has 0 spiro atoms. The number of carboxylic acid groups (broad SMARTS) is 1. The molecule has 1 aliphatic heterocycles. The predicted octanol–water partition coefficient (Wildman–Crippen LogP) is 0.836. The summed E-state index contributed by atoms with van der Waals surface area (Å²) in [6.07, 6.45) is 0.162. The number of ether oxygens (including phenoxy) is 2. The highest BCUT2D eigenvalue weighted by molar-refractivity contribution is 5.74. The Labute approximate surface area is 98.6 Å². The van der Waals surface area contributed by atoms with Gasteiger partial charge in [-0.25, -0.2) is 4.79 Å². The van der Waals surface area contributed by atoms with Gasteiger partial charge in [-0.1, -0.05) is 6.07 Å². The van der Waals surface area contributed by atoms with Crippen LogP contribution in [0.3, 0.4) is 0 Å². The van der Waals surface area contributed by atoms with Gasteiger partial charge in [-0.15, -0.1) is 0 Å². The molecule has 1 aromatic rings. The second kappa shape index (κ2) is 5.05. The molecule has 0 aliphatic carbocycles. The van der Waals surface area contributed by atoms with Gasteiger partial charge in [-0.3, -0.25) is 0 Å². The van der Waals surface area contributed by atoms with Gasteiger partial charge in [0, 0.05) is 25.5 Å². The second-order valence-electron chi connectivity index (χ2n) is 3.84.